The standard InChI is InChI=1S/C27H28N4O2S/c1-19-20(2)34-26-24(19)27(33)31(18-28-26)17-23(32)29-13-15-30(16-14-29)25(21-9-5-3-6-10-21)22-11-7-4-8-12-22/h3-12,18,25H,13-17H2,1-2H3. The minimum absolute atomic E-state index is 0.0247. The number of aryl methyl sites for hydroxylation is 2. The van der Waals surface area contributed by atoms with E-state index in [2.05, 4.69) is 58.4 Å². The Hall–Kier alpha value is -3.29. The van der Waals surface area contributed by atoms with Crippen molar-refractivity contribution in [1.82, 2.24) is 19.4 Å². The third kappa shape index (κ3) is 4.29. The lowest BCUT2D eigenvalue weighted by Gasteiger charge is -2.39. The first-order valence-electron chi connectivity index (χ1n) is 11.6. The SMILES string of the molecule is Cc1sc2ncn(CC(=O)N3CCN(C(c4ccccc4)c4ccccc4)CC3)c(=O)c2c1C. The second kappa shape index (κ2) is 9.52. The number of nitrogens with zero attached hydrogens (tertiary/aromatic N) is 4. The Morgan fingerprint density at radius 1 is 0.941 bits per heavy atom. The average Bonchev–Trinajstić information content (AvgIpc) is 3.16. The first-order chi connectivity index (χ1) is 16.5. The van der Waals surface area contributed by atoms with Crippen molar-refractivity contribution in [2.75, 3.05) is 26.2 Å². The summed E-state index contributed by atoms with van der Waals surface area (Å²) in [4.78, 5) is 36.6. The van der Waals surface area contributed by atoms with E-state index in [1.165, 1.54) is 33.4 Å². The van der Waals surface area contributed by atoms with Crippen LogP contribution in [0.1, 0.15) is 27.6 Å². The molecule has 2 aromatic carbocycles. The molecule has 34 heavy (non-hydrogen) atoms. The minimum Gasteiger partial charge on any atom is -0.339 e. The fourth-order valence-corrected chi connectivity index (χ4v) is 5.73. The molecule has 1 saturated heterocycles. The van der Waals surface area contributed by atoms with Gasteiger partial charge in [-0.15, -0.1) is 11.3 Å². The molecule has 174 valence electrons. The highest BCUT2D eigenvalue weighted by Gasteiger charge is 2.28. The van der Waals surface area contributed by atoms with Gasteiger partial charge in [0.15, 0.2) is 0 Å². The van der Waals surface area contributed by atoms with Crippen molar-refractivity contribution in [3.05, 3.63) is 98.9 Å². The largest absolute Gasteiger partial charge is 0.339 e. The quantitative estimate of drug-likeness (QED) is 0.440. The number of fused-ring (bicyclic) bond motifs is 1. The van der Waals surface area contributed by atoms with E-state index < -0.39 is 0 Å². The maximum Gasteiger partial charge on any atom is 0.262 e. The van der Waals surface area contributed by atoms with Crippen LogP contribution in [0.15, 0.2) is 71.8 Å². The molecule has 1 aliphatic heterocycles. The molecule has 5 rings (SSSR count). The van der Waals surface area contributed by atoms with Gasteiger partial charge in [-0.1, -0.05) is 60.7 Å². The lowest BCUT2D eigenvalue weighted by Crippen LogP contribution is -2.51. The third-order valence-corrected chi connectivity index (χ3v) is 7.84. The van der Waals surface area contributed by atoms with Gasteiger partial charge in [-0.2, -0.15) is 0 Å². The van der Waals surface area contributed by atoms with E-state index in [9.17, 15) is 9.59 Å². The first kappa shape index (κ1) is 22.5. The topological polar surface area (TPSA) is 58.4 Å². The normalized spacial score (nSPS) is 14.7. The fraction of sp³-hybridized carbons (Fsp3) is 0.296. The van der Waals surface area contributed by atoms with Crippen LogP contribution in [0.2, 0.25) is 0 Å². The molecule has 0 N–H and O–H groups in total. The summed E-state index contributed by atoms with van der Waals surface area (Å²) in [6.45, 7) is 6.78. The monoisotopic (exact) mass is 472 g/mol. The van der Waals surface area contributed by atoms with E-state index in [1.807, 2.05) is 30.9 Å². The molecule has 0 atom stereocenters. The summed E-state index contributed by atoms with van der Waals surface area (Å²) >= 11 is 1.52. The molecule has 0 bridgehead atoms. The second-order valence-electron chi connectivity index (χ2n) is 8.78. The molecule has 3 heterocycles. The number of piperazine rings is 1. The van der Waals surface area contributed by atoms with Gasteiger partial charge >= 0.3 is 0 Å². The predicted octanol–water partition coefficient (Wildman–Crippen LogP) is 4.01. The summed E-state index contributed by atoms with van der Waals surface area (Å²) < 4.78 is 1.45. The molecule has 1 aliphatic rings. The molecular weight excluding hydrogens is 444 g/mol. The number of aromatic nitrogens is 2. The molecule has 0 saturated carbocycles. The molecule has 1 amide bonds. The number of hydrogen-bond acceptors (Lipinski definition) is 5. The zero-order chi connectivity index (χ0) is 23.7. The molecule has 0 unspecified atom stereocenters. The zero-order valence-electron chi connectivity index (χ0n) is 19.5. The highest BCUT2D eigenvalue weighted by Crippen LogP contribution is 2.29. The molecule has 2 aromatic heterocycles. The Bertz CT molecular complexity index is 1320. The summed E-state index contributed by atoms with van der Waals surface area (Å²) in [5, 5.41) is 0.635. The molecule has 6 nitrogen and oxygen atoms in total. The van der Waals surface area contributed by atoms with Gasteiger partial charge in [-0.05, 0) is 30.5 Å². The molecule has 0 radical (unpaired) electrons. The van der Waals surface area contributed by atoms with Gasteiger partial charge in [0.1, 0.15) is 11.4 Å². The Balaban J connectivity index is 1.30. The van der Waals surface area contributed by atoms with Gasteiger partial charge in [0.25, 0.3) is 5.56 Å². The lowest BCUT2D eigenvalue weighted by atomic mass is 9.96. The maximum absolute atomic E-state index is 13.1. The number of carbonyl (C=O) groups excluding carboxylic acids is 1. The third-order valence-electron chi connectivity index (χ3n) is 6.72. The lowest BCUT2D eigenvalue weighted by molar-refractivity contribution is -0.133. The second-order valence-corrected chi connectivity index (χ2v) is 9.98. The van der Waals surface area contributed by atoms with E-state index in [4.69, 9.17) is 0 Å². The molecule has 0 aliphatic carbocycles. The van der Waals surface area contributed by atoms with Crippen molar-refractivity contribution < 1.29 is 4.79 Å². The van der Waals surface area contributed by atoms with Crippen LogP contribution in [0.4, 0.5) is 0 Å². The number of amides is 1. The van der Waals surface area contributed by atoms with Crippen LogP contribution in [-0.4, -0.2) is 51.4 Å². The van der Waals surface area contributed by atoms with Crippen LogP contribution in [0, 0.1) is 13.8 Å². The number of thiophene rings is 1. The van der Waals surface area contributed by atoms with Crippen LogP contribution in [0.5, 0.6) is 0 Å². The molecule has 0 spiro atoms. The number of rotatable bonds is 5. The molecule has 7 heteroatoms. The number of benzene rings is 2. The summed E-state index contributed by atoms with van der Waals surface area (Å²) in [6.07, 6.45) is 1.51. The van der Waals surface area contributed by atoms with Crippen molar-refractivity contribution in [2.24, 2.45) is 0 Å². The van der Waals surface area contributed by atoms with Crippen LogP contribution < -0.4 is 5.56 Å². The van der Waals surface area contributed by atoms with Crippen molar-refractivity contribution in [3.8, 4) is 0 Å². The van der Waals surface area contributed by atoms with E-state index >= 15 is 0 Å². The van der Waals surface area contributed by atoms with Crippen LogP contribution in [0.25, 0.3) is 10.2 Å². The first-order valence-corrected chi connectivity index (χ1v) is 12.4. The van der Waals surface area contributed by atoms with E-state index in [1.54, 1.807) is 0 Å². The summed E-state index contributed by atoms with van der Waals surface area (Å²) in [5.74, 6) is -0.0384. The Morgan fingerprint density at radius 2 is 1.53 bits per heavy atom. The van der Waals surface area contributed by atoms with Gasteiger partial charge in [-0.25, -0.2) is 4.98 Å². The van der Waals surface area contributed by atoms with Gasteiger partial charge in [-0.3, -0.25) is 19.1 Å². The highest BCUT2D eigenvalue weighted by molar-refractivity contribution is 7.18. The van der Waals surface area contributed by atoms with Gasteiger partial charge < -0.3 is 4.90 Å². The Kier molecular flexibility index (Phi) is 6.30. The van der Waals surface area contributed by atoms with Gasteiger partial charge in [0.2, 0.25) is 5.91 Å². The Morgan fingerprint density at radius 3 is 2.12 bits per heavy atom. The molecular formula is C27H28N4O2S. The van der Waals surface area contributed by atoms with Crippen LogP contribution in [0.3, 0.4) is 0 Å². The number of carbonyl (C=O) groups is 1. The predicted molar refractivity (Wildman–Crippen MR) is 136 cm³/mol. The summed E-state index contributed by atoms with van der Waals surface area (Å²) in [6, 6.07) is 21.2. The minimum atomic E-state index is -0.132. The van der Waals surface area contributed by atoms with Crippen molar-refractivity contribution >= 4 is 27.5 Å². The molecule has 1 fully saturated rings. The fourth-order valence-electron chi connectivity index (χ4n) is 4.74. The van der Waals surface area contributed by atoms with Crippen LogP contribution in [-0.2, 0) is 11.3 Å². The number of hydrogen-bond donors (Lipinski definition) is 0. The average molecular weight is 473 g/mol. The van der Waals surface area contributed by atoms with Crippen molar-refractivity contribution in [1.29, 1.82) is 0 Å². The summed E-state index contributed by atoms with van der Waals surface area (Å²) in [5.41, 5.74) is 3.33. The van der Waals surface area contributed by atoms with Crippen LogP contribution >= 0.6 is 11.3 Å². The summed E-state index contributed by atoms with van der Waals surface area (Å²) in [7, 11) is 0. The van der Waals surface area contributed by atoms with Crippen molar-refractivity contribution in [2.45, 2.75) is 26.4 Å². The van der Waals surface area contributed by atoms with E-state index in [0.717, 1.165) is 28.4 Å². The zero-order valence-corrected chi connectivity index (χ0v) is 20.3. The smallest absolute Gasteiger partial charge is 0.262 e. The van der Waals surface area contributed by atoms with Gasteiger partial charge in [0, 0.05) is 31.1 Å². The van der Waals surface area contributed by atoms with Crippen molar-refractivity contribution in [3.63, 3.8) is 0 Å². The highest BCUT2D eigenvalue weighted by atomic mass is 32.1. The maximum atomic E-state index is 13.1. The molecule has 4 aromatic rings. The van der Waals surface area contributed by atoms with E-state index in [-0.39, 0.29) is 24.1 Å². The van der Waals surface area contributed by atoms with Gasteiger partial charge in [0.05, 0.1) is 17.8 Å². The Labute approximate surface area is 203 Å². The van der Waals surface area contributed by atoms with E-state index in [0.29, 0.717) is 18.5 Å².